The molecule has 0 heteroatoms. The molecule has 2 spiro atoms. The zero-order valence-electron chi connectivity index (χ0n) is 41.8. The van der Waals surface area contributed by atoms with Crippen LogP contribution in [-0.4, -0.2) is 0 Å². The summed E-state index contributed by atoms with van der Waals surface area (Å²) in [5.41, 5.74) is 27.0. The van der Waals surface area contributed by atoms with Gasteiger partial charge in [0.25, 0.3) is 0 Å². The average Bonchev–Trinajstić information content (AvgIpc) is 4.30. The molecule has 0 aromatic heterocycles. The van der Waals surface area contributed by atoms with E-state index in [2.05, 4.69) is 243 Å². The van der Waals surface area contributed by atoms with Crippen molar-refractivity contribution in [2.24, 2.45) is 0 Å². The van der Waals surface area contributed by atoms with Crippen molar-refractivity contribution >= 4 is 33.2 Å². The summed E-state index contributed by atoms with van der Waals surface area (Å²) >= 11 is 0. The molecule has 2 saturated carbocycles. The van der Waals surface area contributed by atoms with Crippen LogP contribution in [0, 0.1) is 0 Å². The quantitative estimate of drug-likeness (QED) is 0.110. The van der Waals surface area contributed by atoms with E-state index < -0.39 is 0 Å². The average molecular weight is 945 g/mol. The van der Waals surface area contributed by atoms with Gasteiger partial charge in [0.15, 0.2) is 0 Å². The summed E-state index contributed by atoms with van der Waals surface area (Å²) in [6, 6.07) is 90.1. The molecule has 4 aliphatic carbocycles. The molecule has 0 bridgehead atoms. The summed E-state index contributed by atoms with van der Waals surface area (Å²) < 4.78 is 0. The lowest BCUT2D eigenvalue weighted by Gasteiger charge is -2.27. The maximum atomic E-state index is 2.59. The summed E-state index contributed by atoms with van der Waals surface area (Å²) in [4.78, 5) is 0. The zero-order chi connectivity index (χ0) is 48.8. The first-order valence-electron chi connectivity index (χ1n) is 27.2. The van der Waals surface area contributed by atoms with Crippen LogP contribution in [0.15, 0.2) is 237 Å². The third-order valence-corrected chi connectivity index (χ3v) is 17.9. The lowest BCUT2D eigenvalue weighted by Crippen LogP contribution is -2.20. The Morgan fingerprint density at radius 3 is 1.11 bits per heavy atom. The van der Waals surface area contributed by atoms with Crippen LogP contribution in [0.1, 0.15) is 90.3 Å². The van der Waals surface area contributed by atoms with Crippen molar-refractivity contribution in [3.8, 4) is 66.8 Å². The summed E-state index contributed by atoms with van der Waals surface area (Å²) in [7, 11) is 0. The summed E-state index contributed by atoms with van der Waals surface area (Å²) in [6.45, 7) is 0. The van der Waals surface area contributed by atoms with Crippen LogP contribution in [0.4, 0.5) is 0 Å². The van der Waals surface area contributed by atoms with Gasteiger partial charge in [-0.3, -0.25) is 0 Å². The van der Waals surface area contributed by atoms with E-state index in [9.17, 15) is 0 Å². The van der Waals surface area contributed by atoms with Crippen LogP contribution in [-0.2, 0) is 10.8 Å². The van der Waals surface area contributed by atoms with Gasteiger partial charge in [-0.2, -0.15) is 0 Å². The lowest BCUT2D eigenvalue weighted by atomic mass is 9.76. The van der Waals surface area contributed by atoms with Gasteiger partial charge in [-0.15, -0.1) is 0 Å². The highest BCUT2D eigenvalue weighted by molar-refractivity contribution is 6.21. The fourth-order valence-corrected chi connectivity index (χ4v) is 14.6. The van der Waals surface area contributed by atoms with Crippen molar-refractivity contribution in [2.45, 2.75) is 62.2 Å². The molecule has 2 fully saturated rings. The fraction of sp³-hybridized carbons (Fsp3) is 0.135. The van der Waals surface area contributed by atoms with E-state index in [-0.39, 0.29) is 10.8 Å². The SMILES string of the molecule is C(=C(c1ccccc1)c1ccccc1)c1ccc(-c2c3ccccc3c(-c3cc(-c4ccc5c(c4)C4(CCCC4)c4ccccc4-5)cc(-c4ccc5c(c4)C4(CCCC4)c4ccccc4-5)c3)c3ccccc23)cc1. The Kier molecular flexibility index (Phi) is 10.0. The standard InChI is InChI=1S/C74H56/c1-3-19-50(20-4-1)66(51-21-5-2-6-22-51)43-49-31-33-52(34-32-49)71-62-25-7-9-27-64(62)72(65-28-10-8-26-63(65)71)57-45-55(53-35-37-60-58-23-11-13-29-67(58)73(69(60)47-53)39-15-16-40-73)44-56(46-57)54-36-38-61-59-24-12-14-30-68(59)74(70(61)48-54)41-17-18-42-74/h1-14,19-38,43-48H,15-18,39-42H2. The Hall–Kier alpha value is -8.32. The molecule has 0 N–H and O–H groups in total. The van der Waals surface area contributed by atoms with E-state index in [0.29, 0.717) is 0 Å². The zero-order valence-corrected chi connectivity index (χ0v) is 41.8. The molecule has 0 unspecified atom stereocenters. The van der Waals surface area contributed by atoms with Gasteiger partial charge < -0.3 is 0 Å². The maximum Gasteiger partial charge on any atom is 0.0215 e. The van der Waals surface area contributed by atoms with Gasteiger partial charge in [-0.1, -0.05) is 232 Å². The normalized spacial score (nSPS) is 15.4. The van der Waals surface area contributed by atoms with Gasteiger partial charge in [0.05, 0.1) is 0 Å². The minimum atomic E-state index is 0.0930. The molecule has 4 aliphatic rings. The fourth-order valence-electron chi connectivity index (χ4n) is 14.6. The van der Waals surface area contributed by atoms with E-state index in [1.165, 1.54) is 184 Å². The highest BCUT2D eigenvalue weighted by Gasteiger charge is 2.46. The summed E-state index contributed by atoms with van der Waals surface area (Å²) in [5, 5.41) is 5.07. The Balaban J connectivity index is 0.921. The molecular weight excluding hydrogens is 889 g/mol. The second-order valence-corrected chi connectivity index (χ2v) is 21.7. The first-order chi connectivity index (χ1) is 36.6. The molecule has 11 aromatic carbocycles. The Bertz CT molecular complexity index is 3810. The largest absolute Gasteiger partial charge is 0.0622 e. The Morgan fingerprint density at radius 2 is 0.649 bits per heavy atom. The van der Waals surface area contributed by atoms with Crippen LogP contribution in [0.3, 0.4) is 0 Å². The molecular formula is C74H56. The van der Waals surface area contributed by atoms with E-state index in [1.807, 2.05) is 0 Å². The number of rotatable bonds is 7. The molecule has 352 valence electrons. The van der Waals surface area contributed by atoms with E-state index in [0.717, 1.165) is 0 Å². The molecule has 0 saturated heterocycles. The molecule has 0 aliphatic heterocycles. The van der Waals surface area contributed by atoms with Gasteiger partial charge in [0, 0.05) is 10.8 Å². The van der Waals surface area contributed by atoms with Crippen molar-refractivity contribution in [1.82, 2.24) is 0 Å². The molecule has 74 heavy (non-hydrogen) atoms. The van der Waals surface area contributed by atoms with E-state index >= 15 is 0 Å². The third kappa shape index (κ3) is 6.67. The highest BCUT2D eigenvalue weighted by atomic mass is 14.5. The monoisotopic (exact) mass is 944 g/mol. The molecule has 0 atom stereocenters. The third-order valence-electron chi connectivity index (χ3n) is 17.9. The van der Waals surface area contributed by atoms with Gasteiger partial charge in [-0.25, -0.2) is 0 Å². The molecule has 11 aromatic rings. The summed E-state index contributed by atoms with van der Waals surface area (Å²) in [5.74, 6) is 0. The van der Waals surface area contributed by atoms with E-state index in [4.69, 9.17) is 0 Å². The van der Waals surface area contributed by atoms with Crippen molar-refractivity contribution in [3.63, 3.8) is 0 Å². The van der Waals surface area contributed by atoms with Crippen molar-refractivity contribution in [2.75, 3.05) is 0 Å². The predicted molar refractivity (Wildman–Crippen MR) is 312 cm³/mol. The Labute approximate surface area is 435 Å². The first kappa shape index (κ1) is 43.3. The van der Waals surface area contributed by atoms with Gasteiger partial charge in [-0.05, 0) is 195 Å². The van der Waals surface area contributed by atoms with Crippen LogP contribution in [0.5, 0.6) is 0 Å². The number of fused-ring (bicyclic) bond motifs is 12. The highest BCUT2D eigenvalue weighted by Crippen LogP contribution is 2.59. The van der Waals surface area contributed by atoms with Gasteiger partial charge >= 0.3 is 0 Å². The van der Waals surface area contributed by atoms with Crippen LogP contribution in [0.25, 0.3) is 100.0 Å². The molecule has 0 amide bonds. The smallest absolute Gasteiger partial charge is 0.0215 e. The topological polar surface area (TPSA) is 0 Å². The van der Waals surface area contributed by atoms with Gasteiger partial charge in [0.1, 0.15) is 0 Å². The van der Waals surface area contributed by atoms with Crippen LogP contribution in [0.2, 0.25) is 0 Å². The molecule has 0 nitrogen and oxygen atoms in total. The van der Waals surface area contributed by atoms with Crippen LogP contribution >= 0.6 is 0 Å². The number of hydrogen-bond donors (Lipinski definition) is 0. The lowest BCUT2D eigenvalue weighted by molar-refractivity contribution is 0.550. The molecule has 15 rings (SSSR count). The van der Waals surface area contributed by atoms with Gasteiger partial charge in [0.2, 0.25) is 0 Å². The maximum absolute atomic E-state index is 2.59. The van der Waals surface area contributed by atoms with Crippen molar-refractivity contribution in [3.05, 3.63) is 276 Å². The predicted octanol–water partition coefficient (Wildman–Crippen LogP) is 19.9. The summed E-state index contributed by atoms with van der Waals surface area (Å²) in [6.07, 6.45) is 12.3. The van der Waals surface area contributed by atoms with Crippen molar-refractivity contribution in [1.29, 1.82) is 0 Å². The minimum Gasteiger partial charge on any atom is -0.0622 e. The number of hydrogen-bond acceptors (Lipinski definition) is 0. The second-order valence-electron chi connectivity index (χ2n) is 21.7. The number of benzene rings is 11. The van der Waals surface area contributed by atoms with E-state index in [1.54, 1.807) is 0 Å². The molecule has 0 radical (unpaired) electrons. The van der Waals surface area contributed by atoms with Crippen molar-refractivity contribution < 1.29 is 0 Å². The minimum absolute atomic E-state index is 0.0930. The first-order valence-corrected chi connectivity index (χ1v) is 27.2. The second kappa shape index (κ2) is 17.1. The molecule has 0 heterocycles. The Morgan fingerprint density at radius 1 is 0.284 bits per heavy atom. The van der Waals surface area contributed by atoms with Crippen LogP contribution < -0.4 is 0 Å².